The number of carbonyl (C=O) groups is 1. The van der Waals surface area contributed by atoms with E-state index in [1.807, 2.05) is 12.1 Å². The third-order valence-electron chi connectivity index (χ3n) is 3.22. The van der Waals surface area contributed by atoms with Crippen molar-refractivity contribution in [3.05, 3.63) is 70.8 Å². The highest BCUT2D eigenvalue weighted by molar-refractivity contribution is 6.08. The fourth-order valence-electron chi connectivity index (χ4n) is 2.01. The molecular formula is C17H16F2O. The molecule has 0 radical (unpaired) electrons. The van der Waals surface area contributed by atoms with Gasteiger partial charge >= 0.3 is 0 Å². The zero-order valence-electron chi connectivity index (χ0n) is 11.3. The van der Waals surface area contributed by atoms with E-state index in [1.165, 1.54) is 11.6 Å². The summed E-state index contributed by atoms with van der Waals surface area (Å²) in [5, 5.41) is 0. The third-order valence-corrected chi connectivity index (χ3v) is 3.22. The minimum Gasteiger partial charge on any atom is -0.289 e. The predicted molar refractivity (Wildman–Crippen MR) is 74.8 cm³/mol. The molecule has 0 atom stereocenters. The Kier molecular flexibility index (Phi) is 4.61. The predicted octanol–water partition coefficient (Wildman–Crippen LogP) is 4.54. The van der Waals surface area contributed by atoms with Gasteiger partial charge in [-0.15, -0.1) is 0 Å². The number of unbranched alkanes of at least 4 members (excludes halogenated alkanes) is 1. The molecule has 0 heterocycles. The molecule has 0 saturated heterocycles. The van der Waals surface area contributed by atoms with E-state index >= 15 is 0 Å². The van der Waals surface area contributed by atoms with Crippen LogP contribution in [0.5, 0.6) is 0 Å². The molecule has 104 valence electrons. The minimum absolute atomic E-state index is 0.158. The van der Waals surface area contributed by atoms with Gasteiger partial charge in [-0.3, -0.25) is 4.79 Å². The lowest BCUT2D eigenvalue weighted by atomic mass is 10.0. The molecule has 2 aromatic carbocycles. The summed E-state index contributed by atoms with van der Waals surface area (Å²) in [6.07, 6.45) is 3.21. The Bertz CT molecular complexity index is 603. The van der Waals surface area contributed by atoms with Crippen LogP contribution in [-0.2, 0) is 6.42 Å². The Morgan fingerprint density at radius 3 is 2.20 bits per heavy atom. The maximum absolute atomic E-state index is 13.1. The molecule has 0 saturated carbocycles. The van der Waals surface area contributed by atoms with Crippen molar-refractivity contribution in [2.45, 2.75) is 26.2 Å². The molecule has 20 heavy (non-hydrogen) atoms. The molecule has 1 nitrogen and oxygen atoms in total. The molecule has 2 aromatic rings. The summed E-state index contributed by atoms with van der Waals surface area (Å²) in [5.41, 5.74) is 1.81. The first kappa shape index (κ1) is 14.4. The van der Waals surface area contributed by atoms with Gasteiger partial charge in [-0.25, -0.2) is 8.78 Å². The Hall–Kier alpha value is -2.03. The minimum atomic E-state index is -1.00. The molecule has 0 aliphatic rings. The first-order valence-electron chi connectivity index (χ1n) is 6.70. The quantitative estimate of drug-likeness (QED) is 0.732. The Labute approximate surface area is 117 Å². The van der Waals surface area contributed by atoms with Crippen LogP contribution in [0.3, 0.4) is 0 Å². The Morgan fingerprint density at radius 1 is 0.950 bits per heavy atom. The van der Waals surface area contributed by atoms with E-state index < -0.39 is 11.6 Å². The van der Waals surface area contributed by atoms with Gasteiger partial charge in [-0.2, -0.15) is 0 Å². The average Bonchev–Trinajstić information content (AvgIpc) is 2.48. The van der Waals surface area contributed by atoms with Gasteiger partial charge in [-0.1, -0.05) is 37.6 Å². The van der Waals surface area contributed by atoms with Crippen molar-refractivity contribution >= 4 is 5.78 Å². The smallest absolute Gasteiger partial charge is 0.193 e. The van der Waals surface area contributed by atoms with Crippen molar-refractivity contribution in [3.63, 3.8) is 0 Å². The number of rotatable bonds is 5. The summed E-state index contributed by atoms with van der Waals surface area (Å²) in [5.74, 6) is -2.25. The molecule has 0 spiro atoms. The lowest BCUT2D eigenvalue weighted by Gasteiger charge is -2.04. The number of ketones is 1. The SMILES string of the molecule is CCCCc1ccc(C(=O)c2ccc(F)c(F)c2)cc1. The van der Waals surface area contributed by atoms with Crippen LogP contribution in [0.4, 0.5) is 8.78 Å². The molecule has 3 heteroatoms. The van der Waals surface area contributed by atoms with Crippen LogP contribution < -0.4 is 0 Å². The summed E-state index contributed by atoms with van der Waals surface area (Å²) in [6, 6.07) is 10.5. The van der Waals surface area contributed by atoms with Crippen molar-refractivity contribution in [1.82, 2.24) is 0 Å². The zero-order valence-corrected chi connectivity index (χ0v) is 11.3. The molecule has 0 unspecified atom stereocenters. The standard InChI is InChI=1S/C17H16F2O/c1-2-3-4-12-5-7-13(8-6-12)17(20)14-9-10-15(18)16(19)11-14/h5-11H,2-4H2,1H3. The zero-order chi connectivity index (χ0) is 14.5. The number of hydrogen-bond acceptors (Lipinski definition) is 1. The lowest BCUT2D eigenvalue weighted by molar-refractivity contribution is 0.103. The van der Waals surface area contributed by atoms with Crippen LogP contribution in [-0.4, -0.2) is 5.78 Å². The molecule has 0 aliphatic carbocycles. The first-order valence-corrected chi connectivity index (χ1v) is 6.70. The van der Waals surface area contributed by atoms with E-state index in [0.717, 1.165) is 31.4 Å². The number of carbonyl (C=O) groups excluding carboxylic acids is 1. The summed E-state index contributed by atoms with van der Waals surface area (Å²) < 4.78 is 26.0. The van der Waals surface area contributed by atoms with Crippen molar-refractivity contribution < 1.29 is 13.6 Å². The summed E-state index contributed by atoms with van der Waals surface area (Å²) >= 11 is 0. The van der Waals surface area contributed by atoms with Gasteiger partial charge in [0.1, 0.15) is 0 Å². The normalized spacial score (nSPS) is 10.6. The maximum atomic E-state index is 13.1. The topological polar surface area (TPSA) is 17.1 Å². The summed E-state index contributed by atoms with van der Waals surface area (Å²) in [7, 11) is 0. The lowest BCUT2D eigenvalue weighted by Crippen LogP contribution is -2.02. The molecule has 0 fully saturated rings. The molecule has 0 aromatic heterocycles. The van der Waals surface area contributed by atoms with E-state index in [4.69, 9.17) is 0 Å². The van der Waals surface area contributed by atoms with Crippen molar-refractivity contribution in [2.24, 2.45) is 0 Å². The second-order valence-corrected chi connectivity index (χ2v) is 4.76. The van der Waals surface area contributed by atoms with Gasteiger partial charge in [0.05, 0.1) is 0 Å². The van der Waals surface area contributed by atoms with Crippen LogP contribution in [0.15, 0.2) is 42.5 Å². The largest absolute Gasteiger partial charge is 0.289 e. The van der Waals surface area contributed by atoms with Gasteiger partial charge in [0.2, 0.25) is 0 Å². The van der Waals surface area contributed by atoms with Crippen molar-refractivity contribution in [1.29, 1.82) is 0 Å². The van der Waals surface area contributed by atoms with Gasteiger partial charge in [0, 0.05) is 11.1 Å². The van der Waals surface area contributed by atoms with Crippen LogP contribution in [0.1, 0.15) is 41.3 Å². The highest BCUT2D eigenvalue weighted by atomic mass is 19.2. The van der Waals surface area contributed by atoms with E-state index in [1.54, 1.807) is 12.1 Å². The highest BCUT2D eigenvalue weighted by Gasteiger charge is 2.11. The van der Waals surface area contributed by atoms with E-state index in [2.05, 4.69) is 6.92 Å². The summed E-state index contributed by atoms with van der Waals surface area (Å²) in [4.78, 5) is 12.1. The molecular weight excluding hydrogens is 258 g/mol. The second kappa shape index (κ2) is 6.42. The van der Waals surface area contributed by atoms with Gasteiger partial charge in [0.15, 0.2) is 17.4 Å². The number of hydrogen-bond donors (Lipinski definition) is 0. The van der Waals surface area contributed by atoms with Crippen molar-refractivity contribution in [2.75, 3.05) is 0 Å². The van der Waals surface area contributed by atoms with Crippen LogP contribution in [0.25, 0.3) is 0 Å². The molecule has 0 aliphatic heterocycles. The highest BCUT2D eigenvalue weighted by Crippen LogP contribution is 2.15. The monoisotopic (exact) mass is 274 g/mol. The molecule has 0 bridgehead atoms. The summed E-state index contributed by atoms with van der Waals surface area (Å²) in [6.45, 7) is 2.13. The van der Waals surface area contributed by atoms with Gasteiger partial charge in [-0.05, 0) is 36.6 Å². The van der Waals surface area contributed by atoms with E-state index in [0.29, 0.717) is 5.56 Å². The van der Waals surface area contributed by atoms with E-state index in [-0.39, 0.29) is 11.3 Å². The molecule has 0 amide bonds. The second-order valence-electron chi connectivity index (χ2n) is 4.76. The molecule has 0 N–H and O–H groups in total. The van der Waals surface area contributed by atoms with Crippen LogP contribution >= 0.6 is 0 Å². The van der Waals surface area contributed by atoms with Gasteiger partial charge < -0.3 is 0 Å². The Balaban J connectivity index is 2.18. The van der Waals surface area contributed by atoms with E-state index in [9.17, 15) is 13.6 Å². The fourth-order valence-corrected chi connectivity index (χ4v) is 2.01. The van der Waals surface area contributed by atoms with Crippen molar-refractivity contribution in [3.8, 4) is 0 Å². The average molecular weight is 274 g/mol. The number of benzene rings is 2. The molecule has 2 rings (SSSR count). The maximum Gasteiger partial charge on any atom is 0.193 e. The number of aryl methyl sites for hydroxylation is 1. The van der Waals surface area contributed by atoms with Crippen LogP contribution in [0.2, 0.25) is 0 Å². The first-order chi connectivity index (χ1) is 9.61. The Morgan fingerprint density at radius 2 is 1.60 bits per heavy atom. The third kappa shape index (κ3) is 3.29. The van der Waals surface area contributed by atoms with Crippen LogP contribution in [0, 0.1) is 11.6 Å². The number of halogens is 2. The van der Waals surface area contributed by atoms with Gasteiger partial charge in [0.25, 0.3) is 0 Å². The fraction of sp³-hybridized carbons (Fsp3) is 0.235.